The maximum atomic E-state index is 12.2. The minimum Gasteiger partial charge on any atom is -0.497 e. The summed E-state index contributed by atoms with van der Waals surface area (Å²) in [6, 6.07) is 11.8. The van der Waals surface area contributed by atoms with E-state index < -0.39 is 5.91 Å². The zero-order valence-electron chi connectivity index (χ0n) is 14.5. The first-order valence-corrected chi connectivity index (χ1v) is 7.86. The van der Waals surface area contributed by atoms with Crippen LogP contribution >= 0.6 is 0 Å². The van der Waals surface area contributed by atoms with Crippen LogP contribution < -0.4 is 20.5 Å². The summed E-state index contributed by atoms with van der Waals surface area (Å²) in [4.78, 5) is 24.3. The van der Waals surface area contributed by atoms with Crippen molar-refractivity contribution in [1.82, 2.24) is 5.32 Å². The Morgan fingerprint density at radius 3 is 2.36 bits per heavy atom. The van der Waals surface area contributed by atoms with Crippen LogP contribution in [0.5, 0.6) is 11.5 Å². The number of nitrogens with one attached hydrogen (secondary N) is 1. The van der Waals surface area contributed by atoms with E-state index in [0.29, 0.717) is 22.7 Å². The van der Waals surface area contributed by atoms with Crippen LogP contribution in [-0.2, 0) is 4.79 Å². The Labute approximate surface area is 146 Å². The van der Waals surface area contributed by atoms with Gasteiger partial charge in [-0.1, -0.05) is 13.0 Å². The highest BCUT2D eigenvalue weighted by atomic mass is 16.5. The first-order chi connectivity index (χ1) is 11.9. The molecule has 132 valence electrons. The standard InChI is InChI=1S/C19H22N2O4/c1-12(16-9-8-15(24-2)11-17(16)25-3)10-18(22)21-19(23)13-4-6-14(20)7-5-13/h4-9,11-12H,10,20H2,1-3H3,(H,21,22,23). The van der Waals surface area contributed by atoms with E-state index >= 15 is 0 Å². The van der Waals surface area contributed by atoms with E-state index in [4.69, 9.17) is 15.2 Å². The summed E-state index contributed by atoms with van der Waals surface area (Å²) in [5.74, 6) is 0.395. The zero-order valence-corrected chi connectivity index (χ0v) is 14.5. The Morgan fingerprint density at radius 2 is 1.76 bits per heavy atom. The second kappa shape index (κ2) is 8.19. The molecule has 2 aromatic carbocycles. The van der Waals surface area contributed by atoms with Gasteiger partial charge in [0, 0.05) is 23.7 Å². The molecule has 3 N–H and O–H groups in total. The summed E-state index contributed by atoms with van der Waals surface area (Å²) >= 11 is 0. The molecule has 0 radical (unpaired) electrons. The van der Waals surface area contributed by atoms with Crippen molar-refractivity contribution in [3.63, 3.8) is 0 Å². The van der Waals surface area contributed by atoms with E-state index in [-0.39, 0.29) is 18.2 Å². The fourth-order valence-electron chi connectivity index (χ4n) is 2.50. The summed E-state index contributed by atoms with van der Waals surface area (Å²) in [6.07, 6.45) is 0.156. The molecule has 1 atom stereocenters. The monoisotopic (exact) mass is 342 g/mol. The number of imide groups is 1. The number of anilines is 1. The van der Waals surface area contributed by atoms with E-state index in [0.717, 1.165) is 5.56 Å². The molecule has 0 bridgehead atoms. The van der Waals surface area contributed by atoms with Crippen LogP contribution in [0, 0.1) is 0 Å². The Kier molecular flexibility index (Phi) is 6.00. The van der Waals surface area contributed by atoms with Crippen molar-refractivity contribution in [2.75, 3.05) is 20.0 Å². The SMILES string of the molecule is COc1ccc(C(C)CC(=O)NC(=O)c2ccc(N)cc2)c(OC)c1. The topological polar surface area (TPSA) is 90.7 Å². The molecular formula is C19H22N2O4. The predicted molar refractivity (Wildman–Crippen MR) is 95.9 cm³/mol. The second-order valence-electron chi connectivity index (χ2n) is 5.71. The number of amides is 2. The average molecular weight is 342 g/mol. The smallest absolute Gasteiger partial charge is 0.257 e. The van der Waals surface area contributed by atoms with Gasteiger partial charge in [0.25, 0.3) is 5.91 Å². The number of carbonyl (C=O) groups is 2. The number of hydrogen-bond donors (Lipinski definition) is 2. The highest BCUT2D eigenvalue weighted by Gasteiger charge is 2.18. The molecule has 0 fully saturated rings. The van der Waals surface area contributed by atoms with Crippen molar-refractivity contribution >= 4 is 17.5 Å². The first kappa shape index (κ1) is 18.3. The lowest BCUT2D eigenvalue weighted by atomic mass is 9.96. The van der Waals surface area contributed by atoms with Crippen molar-refractivity contribution in [1.29, 1.82) is 0 Å². The molecule has 0 aliphatic carbocycles. The molecule has 0 aliphatic rings. The van der Waals surface area contributed by atoms with Crippen LogP contribution in [0.1, 0.15) is 35.2 Å². The van der Waals surface area contributed by atoms with Crippen molar-refractivity contribution in [2.24, 2.45) is 0 Å². The molecule has 2 rings (SSSR count). The highest BCUT2D eigenvalue weighted by Crippen LogP contribution is 2.32. The summed E-state index contributed by atoms with van der Waals surface area (Å²) < 4.78 is 10.5. The third-order valence-corrected chi connectivity index (χ3v) is 3.89. The van der Waals surface area contributed by atoms with Gasteiger partial charge in [0.15, 0.2) is 0 Å². The van der Waals surface area contributed by atoms with Gasteiger partial charge in [0.1, 0.15) is 11.5 Å². The van der Waals surface area contributed by atoms with Gasteiger partial charge in [0.05, 0.1) is 14.2 Å². The lowest BCUT2D eigenvalue weighted by molar-refractivity contribution is -0.120. The Morgan fingerprint density at radius 1 is 1.08 bits per heavy atom. The molecule has 0 spiro atoms. The van der Waals surface area contributed by atoms with E-state index in [1.807, 2.05) is 19.1 Å². The van der Waals surface area contributed by atoms with Crippen LogP contribution in [0.2, 0.25) is 0 Å². The van der Waals surface area contributed by atoms with Gasteiger partial charge in [-0.05, 0) is 41.8 Å². The first-order valence-electron chi connectivity index (χ1n) is 7.86. The van der Waals surface area contributed by atoms with Gasteiger partial charge in [-0.15, -0.1) is 0 Å². The highest BCUT2D eigenvalue weighted by molar-refractivity contribution is 6.04. The molecule has 0 aromatic heterocycles. The number of methoxy groups -OCH3 is 2. The quantitative estimate of drug-likeness (QED) is 0.788. The van der Waals surface area contributed by atoms with Crippen LogP contribution in [0.4, 0.5) is 5.69 Å². The maximum Gasteiger partial charge on any atom is 0.257 e. The van der Waals surface area contributed by atoms with Gasteiger partial charge >= 0.3 is 0 Å². The number of nitrogens with two attached hydrogens (primary N) is 1. The summed E-state index contributed by atoms with van der Waals surface area (Å²) in [6.45, 7) is 1.90. The minimum atomic E-state index is -0.445. The molecule has 0 heterocycles. The average Bonchev–Trinajstić information content (AvgIpc) is 2.61. The number of nitrogen functional groups attached to an aromatic ring is 1. The van der Waals surface area contributed by atoms with Gasteiger partial charge in [-0.25, -0.2) is 0 Å². The lowest BCUT2D eigenvalue weighted by Gasteiger charge is -2.16. The Hall–Kier alpha value is -3.02. The molecule has 0 saturated heterocycles. The molecule has 0 saturated carbocycles. The number of rotatable bonds is 6. The van der Waals surface area contributed by atoms with Crippen LogP contribution in [0.3, 0.4) is 0 Å². The van der Waals surface area contributed by atoms with Crippen molar-refractivity contribution in [3.8, 4) is 11.5 Å². The predicted octanol–water partition coefficient (Wildman–Crippen LogP) is 2.74. The summed E-state index contributed by atoms with van der Waals surface area (Å²) in [5.41, 5.74) is 7.41. The van der Waals surface area contributed by atoms with E-state index in [1.54, 1.807) is 44.6 Å². The van der Waals surface area contributed by atoms with Gasteiger partial charge in [-0.3, -0.25) is 14.9 Å². The Balaban J connectivity index is 2.02. The molecule has 6 nitrogen and oxygen atoms in total. The van der Waals surface area contributed by atoms with Gasteiger partial charge < -0.3 is 15.2 Å². The van der Waals surface area contributed by atoms with E-state index in [9.17, 15) is 9.59 Å². The van der Waals surface area contributed by atoms with E-state index in [1.165, 1.54) is 0 Å². The van der Waals surface area contributed by atoms with Crippen molar-refractivity contribution < 1.29 is 19.1 Å². The van der Waals surface area contributed by atoms with Crippen molar-refractivity contribution in [2.45, 2.75) is 19.3 Å². The molecule has 1 unspecified atom stereocenters. The summed E-state index contributed by atoms with van der Waals surface area (Å²) in [5, 5.41) is 2.39. The van der Waals surface area contributed by atoms with Crippen LogP contribution in [0.15, 0.2) is 42.5 Å². The van der Waals surface area contributed by atoms with Crippen LogP contribution in [0.25, 0.3) is 0 Å². The number of carbonyl (C=O) groups excluding carboxylic acids is 2. The molecule has 2 amide bonds. The van der Waals surface area contributed by atoms with Crippen molar-refractivity contribution in [3.05, 3.63) is 53.6 Å². The molecular weight excluding hydrogens is 320 g/mol. The molecule has 0 aliphatic heterocycles. The Bertz CT molecular complexity index is 757. The largest absolute Gasteiger partial charge is 0.497 e. The molecule has 25 heavy (non-hydrogen) atoms. The molecule has 2 aromatic rings. The van der Waals surface area contributed by atoms with Gasteiger partial charge in [0.2, 0.25) is 5.91 Å². The zero-order chi connectivity index (χ0) is 18.4. The number of ether oxygens (including phenoxy) is 2. The number of hydrogen-bond acceptors (Lipinski definition) is 5. The normalized spacial score (nSPS) is 11.5. The third-order valence-electron chi connectivity index (χ3n) is 3.89. The fourth-order valence-corrected chi connectivity index (χ4v) is 2.50. The van der Waals surface area contributed by atoms with Crippen LogP contribution in [-0.4, -0.2) is 26.0 Å². The fraction of sp³-hybridized carbons (Fsp3) is 0.263. The third kappa shape index (κ3) is 4.73. The minimum absolute atomic E-state index is 0.125. The second-order valence-corrected chi connectivity index (χ2v) is 5.71. The summed E-state index contributed by atoms with van der Waals surface area (Å²) in [7, 11) is 3.14. The lowest BCUT2D eigenvalue weighted by Crippen LogP contribution is -2.31. The van der Waals surface area contributed by atoms with E-state index in [2.05, 4.69) is 5.32 Å². The van der Waals surface area contributed by atoms with Gasteiger partial charge in [-0.2, -0.15) is 0 Å². The maximum absolute atomic E-state index is 12.2. The molecule has 6 heteroatoms. The number of benzene rings is 2.